The topological polar surface area (TPSA) is 57.6 Å². The van der Waals surface area contributed by atoms with Gasteiger partial charge in [0.05, 0.1) is 8.45 Å². The van der Waals surface area contributed by atoms with Crippen LogP contribution in [0.25, 0.3) is 0 Å². The Balaban J connectivity index is 1.97. The van der Waals surface area contributed by atoms with Crippen molar-refractivity contribution in [2.75, 3.05) is 6.54 Å². The lowest BCUT2D eigenvalue weighted by Crippen LogP contribution is -2.42. The van der Waals surface area contributed by atoms with E-state index in [0.717, 1.165) is 19.7 Å². The molecule has 2 aromatic rings. The van der Waals surface area contributed by atoms with Gasteiger partial charge in [0.1, 0.15) is 0 Å². The fraction of sp³-hybridized carbons (Fsp3) is 0.231. The van der Waals surface area contributed by atoms with Crippen LogP contribution in [0.3, 0.4) is 0 Å². The molecular formula is C13H10INO3S2. The molecule has 2 aromatic heterocycles. The Hall–Kier alpha value is -0.930. The van der Waals surface area contributed by atoms with Crippen LogP contribution in [0.4, 0.5) is 0 Å². The number of carboxylic acids is 1. The Bertz CT molecular complexity index is 679. The highest BCUT2D eigenvalue weighted by molar-refractivity contribution is 14.1. The van der Waals surface area contributed by atoms with Gasteiger partial charge in [-0.1, -0.05) is 0 Å². The average Bonchev–Trinajstić information content (AvgIpc) is 3.04. The molecule has 0 aromatic carbocycles. The van der Waals surface area contributed by atoms with Gasteiger partial charge >= 0.3 is 5.97 Å². The number of amides is 1. The minimum Gasteiger partial charge on any atom is -0.479 e. The quantitative estimate of drug-likeness (QED) is 0.761. The predicted octanol–water partition coefficient (Wildman–Crippen LogP) is 3.24. The first kappa shape index (κ1) is 14.0. The summed E-state index contributed by atoms with van der Waals surface area (Å²) in [5.74, 6) is -1.17. The highest BCUT2D eigenvalue weighted by Gasteiger charge is 2.37. The lowest BCUT2D eigenvalue weighted by molar-refractivity contribution is -0.142. The molecular weight excluding hydrogens is 409 g/mol. The van der Waals surface area contributed by atoms with Crippen LogP contribution in [0.15, 0.2) is 22.9 Å². The van der Waals surface area contributed by atoms with Crippen LogP contribution in [-0.4, -0.2) is 28.4 Å². The maximum Gasteiger partial charge on any atom is 0.331 e. The normalized spacial score (nSPS) is 17.9. The Labute approximate surface area is 137 Å². The molecule has 0 aliphatic carbocycles. The van der Waals surface area contributed by atoms with E-state index in [4.69, 9.17) is 0 Å². The molecule has 0 radical (unpaired) electrons. The molecule has 0 bridgehead atoms. The average molecular weight is 419 g/mol. The number of carboxylic acid groups (broad SMARTS) is 1. The second-order valence-corrected chi connectivity index (χ2v) is 8.23. The van der Waals surface area contributed by atoms with Crippen LogP contribution in [0.2, 0.25) is 0 Å². The Morgan fingerprint density at radius 2 is 2.20 bits per heavy atom. The van der Waals surface area contributed by atoms with E-state index in [9.17, 15) is 14.7 Å². The fourth-order valence-electron chi connectivity index (χ4n) is 2.39. The van der Waals surface area contributed by atoms with E-state index >= 15 is 0 Å². The molecule has 0 saturated heterocycles. The molecule has 1 N–H and O–H groups in total. The van der Waals surface area contributed by atoms with Gasteiger partial charge in [-0.3, -0.25) is 4.79 Å². The molecule has 1 amide bonds. The molecule has 104 valence electrons. The van der Waals surface area contributed by atoms with Crippen molar-refractivity contribution in [3.8, 4) is 0 Å². The number of nitrogens with zero attached hydrogens (tertiary/aromatic N) is 1. The van der Waals surface area contributed by atoms with E-state index in [-0.39, 0.29) is 5.91 Å². The third-order valence-electron chi connectivity index (χ3n) is 3.28. The van der Waals surface area contributed by atoms with Crippen molar-refractivity contribution in [1.82, 2.24) is 4.90 Å². The molecule has 1 unspecified atom stereocenters. The Kier molecular flexibility index (Phi) is 3.83. The first-order chi connectivity index (χ1) is 9.58. The Morgan fingerprint density at radius 3 is 2.85 bits per heavy atom. The van der Waals surface area contributed by atoms with E-state index in [1.54, 1.807) is 22.8 Å². The highest BCUT2D eigenvalue weighted by atomic mass is 127. The lowest BCUT2D eigenvalue weighted by Gasteiger charge is -2.33. The zero-order chi connectivity index (χ0) is 14.3. The second-order valence-electron chi connectivity index (χ2n) is 4.43. The van der Waals surface area contributed by atoms with Crippen molar-refractivity contribution in [3.63, 3.8) is 0 Å². The second kappa shape index (κ2) is 5.45. The largest absolute Gasteiger partial charge is 0.479 e. The van der Waals surface area contributed by atoms with Crippen molar-refractivity contribution in [2.24, 2.45) is 0 Å². The van der Waals surface area contributed by atoms with E-state index in [1.165, 1.54) is 16.2 Å². The molecule has 1 aliphatic rings. The first-order valence-corrected chi connectivity index (χ1v) is 8.76. The zero-order valence-electron chi connectivity index (χ0n) is 10.2. The van der Waals surface area contributed by atoms with Gasteiger partial charge in [0, 0.05) is 16.8 Å². The third-order valence-corrected chi connectivity index (χ3v) is 6.06. The maximum absolute atomic E-state index is 12.5. The minimum atomic E-state index is -0.970. The maximum atomic E-state index is 12.5. The molecule has 0 saturated carbocycles. The number of fused-ring (bicyclic) bond motifs is 1. The minimum absolute atomic E-state index is 0.201. The summed E-state index contributed by atoms with van der Waals surface area (Å²) in [4.78, 5) is 26.6. The van der Waals surface area contributed by atoms with E-state index < -0.39 is 12.0 Å². The van der Waals surface area contributed by atoms with Crippen LogP contribution in [0.1, 0.15) is 26.8 Å². The van der Waals surface area contributed by atoms with Crippen molar-refractivity contribution in [1.29, 1.82) is 0 Å². The van der Waals surface area contributed by atoms with Gasteiger partial charge in [-0.25, -0.2) is 4.79 Å². The zero-order valence-corrected chi connectivity index (χ0v) is 14.0. The van der Waals surface area contributed by atoms with Gasteiger partial charge in [0.2, 0.25) is 0 Å². The van der Waals surface area contributed by atoms with Gasteiger partial charge in [0.15, 0.2) is 6.04 Å². The van der Waals surface area contributed by atoms with E-state index in [0.29, 0.717) is 12.1 Å². The summed E-state index contributed by atoms with van der Waals surface area (Å²) in [5, 5.41) is 13.2. The van der Waals surface area contributed by atoms with E-state index in [1.807, 2.05) is 11.4 Å². The molecule has 0 fully saturated rings. The van der Waals surface area contributed by atoms with Crippen LogP contribution in [0.5, 0.6) is 0 Å². The molecule has 3 rings (SSSR count). The van der Waals surface area contributed by atoms with Gasteiger partial charge in [-0.2, -0.15) is 0 Å². The molecule has 3 heterocycles. The summed E-state index contributed by atoms with van der Waals surface area (Å²) in [7, 11) is 0. The lowest BCUT2D eigenvalue weighted by atomic mass is 9.99. The number of hydrogen-bond acceptors (Lipinski definition) is 4. The fourth-order valence-corrected chi connectivity index (χ4v) is 4.61. The summed E-state index contributed by atoms with van der Waals surface area (Å²) < 4.78 is 1.02. The molecule has 7 heteroatoms. The third kappa shape index (κ3) is 2.38. The standard InChI is InChI=1S/C13H10INO3S2/c14-10-5-7(6-20-10)12(16)15-3-1-9-8(2-4-19-9)11(15)13(17)18/h2,4-6,11H,1,3H2,(H,17,18). The Morgan fingerprint density at radius 1 is 1.40 bits per heavy atom. The number of hydrogen-bond donors (Lipinski definition) is 1. The SMILES string of the molecule is O=C(O)C1c2ccsc2CCN1C(=O)c1csc(I)c1. The molecule has 4 nitrogen and oxygen atoms in total. The number of carbonyl (C=O) groups is 2. The number of carbonyl (C=O) groups excluding carboxylic acids is 1. The summed E-state index contributed by atoms with van der Waals surface area (Å²) in [5.41, 5.74) is 1.33. The van der Waals surface area contributed by atoms with Gasteiger partial charge in [-0.05, 0) is 52.1 Å². The summed E-state index contributed by atoms with van der Waals surface area (Å²) in [6.07, 6.45) is 0.726. The molecule has 1 aliphatic heterocycles. The number of aliphatic carboxylic acids is 1. The van der Waals surface area contributed by atoms with Crippen molar-refractivity contribution >= 4 is 57.1 Å². The monoisotopic (exact) mass is 419 g/mol. The molecule has 1 atom stereocenters. The van der Waals surface area contributed by atoms with Crippen molar-refractivity contribution in [2.45, 2.75) is 12.5 Å². The number of rotatable bonds is 2. The smallest absolute Gasteiger partial charge is 0.331 e. The van der Waals surface area contributed by atoms with Gasteiger partial charge < -0.3 is 10.0 Å². The first-order valence-electron chi connectivity index (χ1n) is 5.92. The van der Waals surface area contributed by atoms with Crippen LogP contribution in [-0.2, 0) is 11.2 Å². The highest BCUT2D eigenvalue weighted by Crippen LogP contribution is 2.34. The summed E-state index contributed by atoms with van der Waals surface area (Å²) in [6.45, 7) is 0.454. The summed E-state index contributed by atoms with van der Waals surface area (Å²) in [6, 6.07) is 2.75. The summed E-state index contributed by atoms with van der Waals surface area (Å²) >= 11 is 5.20. The number of thiophene rings is 2. The van der Waals surface area contributed by atoms with Gasteiger partial charge in [-0.15, -0.1) is 22.7 Å². The van der Waals surface area contributed by atoms with Crippen LogP contribution in [0, 0.1) is 2.88 Å². The molecule has 20 heavy (non-hydrogen) atoms. The predicted molar refractivity (Wildman–Crippen MR) is 86.5 cm³/mol. The number of halogens is 1. The van der Waals surface area contributed by atoms with Crippen LogP contribution >= 0.6 is 45.3 Å². The van der Waals surface area contributed by atoms with Gasteiger partial charge in [0.25, 0.3) is 5.91 Å². The van der Waals surface area contributed by atoms with Crippen molar-refractivity contribution in [3.05, 3.63) is 41.8 Å². The van der Waals surface area contributed by atoms with Crippen LogP contribution < -0.4 is 0 Å². The van der Waals surface area contributed by atoms with E-state index in [2.05, 4.69) is 22.6 Å². The van der Waals surface area contributed by atoms with Crippen molar-refractivity contribution < 1.29 is 14.7 Å². The molecule has 0 spiro atoms.